The molecule has 0 aromatic heterocycles. The van der Waals surface area contributed by atoms with Crippen LogP contribution in [0.4, 0.5) is 28.0 Å². The van der Waals surface area contributed by atoms with Crippen LogP contribution in [0.3, 0.4) is 0 Å². The van der Waals surface area contributed by atoms with E-state index in [1.807, 2.05) is 35.2 Å². The molecule has 0 aliphatic carbocycles. The predicted molar refractivity (Wildman–Crippen MR) is 191 cm³/mol. The summed E-state index contributed by atoms with van der Waals surface area (Å²) in [6.45, 7) is 0.713. The van der Waals surface area contributed by atoms with Crippen molar-refractivity contribution in [1.82, 2.24) is 9.80 Å². The Labute approximate surface area is 329 Å². The minimum absolute atomic E-state index is 0. The molecule has 11 nitrogen and oxygen atoms in total. The van der Waals surface area contributed by atoms with Crippen molar-refractivity contribution in [1.29, 1.82) is 0 Å². The van der Waals surface area contributed by atoms with Gasteiger partial charge in [-0.3, -0.25) is 14.7 Å². The minimum atomic E-state index is -2.31. The number of cyclic esters (lactones) is 1. The van der Waals surface area contributed by atoms with Crippen LogP contribution >= 0.6 is 0 Å². The number of halogens is 4. The summed E-state index contributed by atoms with van der Waals surface area (Å²) in [4.78, 5) is 59.7. The summed E-state index contributed by atoms with van der Waals surface area (Å²) < 4.78 is 71.2. The van der Waals surface area contributed by atoms with Crippen LogP contribution < -0.4 is 4.74 Å². The number of methoxy groups -OCH3 is 1. The number of likely N-dealkylation sites (tertiary alicyclic amines) is 1. The van der Waals surface area contributed by atoms with Crippen molar-refractivity contribution >= 4 is 35.3 Å². The van der Waals surface area contributed by atoms with E-state index in [-0.39, 0.29) is 52.2 Å². The van der Waals surface area contributed by atoms with E-state index in [1.165, 1.54) is 12.1 Å². The van der Waals surface area contributed by atoms with Gasteiger partial charge in [0.05, 0.1) is 31.3 Å². The Morgan fingerprint density at radius 3 is 2.14 bits per heavy atom. The van der Waals surface area contributed by atoms with Gasteiger partial charge in [-0.25, -0.2) is 23.3 Å². The first-order valence-electron chi connectivity index (χ1n) is 17.4. The molecule has 1 N–H and O–H groups in total. The Morgan fingerprint density at radius 2 is 1.54 bits per heavy atom. The SMILES string of the molecule is COc1c(F)c(F)c([C@@H](CC(=O)N2CCOC2=O)[C@H](N=C(c2ccccc2)c2ccccc2[N-]C(=O)[C@@H]2CCCN2Cc2ccccc2)C(=O)O)c(F)c1F.[Ni]. The van der Waals surface area contributed by atoms with E-state index in [0.717, 1.165) is 19.1 Å². The molecular weight excluding hydrogens is 783 g/mol. The first-order chi connectivity index (χ1) is 26.5. The Kier molecular flexibility index (Phi) is 13.6. The molecule has 296 valence electrons. The molecule has 2 aliphatic heterocycles. The largest absolute Gasteiger partial charge is 0.625 e. The molecule has 0 unspecified atom stereocenters. The molecule has 2 aliphatic rings. The summed E-state index contributed by atoms with van der Waals surface area (Å²) in [7, 11) is 0.775. The third-order valence-corrected chi connectivity index (χ3v) is 9.50. The normalized spacial score (nSPS) is 16.8. The second kappa shape index (κ2) is 18.4. The summed E-state index contributed by atoms with van der Waals surface area (Å²) in [5.41, 5.74) is -0.0370. The van der Waals surface area contributed by atoms with E-state index >= 15 is 17.6 Å². The number of carboxylic acids is 1. The van der Waals surface area contributed by atoms with Crippen LogP contribution in [-0.2, 0) is 42.2 Å². The number of imide groups is 1. The first-order valence-corrected chi connectivity index (χ1v) is 17.4. The van der Waals surface area contributed by atoms with Gasteiger partial charge in [-0.2, -0.15) is 8.78 Å². The van der Waals surface area contributed by atoms with E-state index in [2.05, 4.69) is 15.0 Å². The topological polar surface area (TPSA) is 140 Å². The molecule has 2 heterocycles. The van der Waals surface area contributed by atoms with E-state index in [1.54, 1.807) is 42.5 Å². The third-order valence-electron chi connectivity index (χ3n) is 9.50. The van der Waals surface area contributed by atoms with Crippen LogP contribution in [0.5, 0.6) is 5.75 Å². The van der Waals surface area contributed by atoms with E-state index in [0.29, 0.717) is 24.4 Å². The zero-order valence-corrected chi connectivity index (χ0v) is 30.8. The molecule has 4 aromatic rings. The second-order valence-corrected chi connectivity index (χ2v) is 12.9. The monoisotopic (exact) mass is 817 g/mol. The maximum Gasteiger partial charge on any atom is 0.416 e. The van der Waals surface area contributed by atoms with Crippen molar-refractivity contribution in [3.63, 3.8) is 0 Å². The van der Waals surface area contributed by atoms with Gasteiger partial charge in [0.15, 0.2) is 23.4 Å². The number of para-hydroxylation sites is 1. The second-order valence-electron chi connectivity index (χ2n) is 12.9. The number of aliphatic carboxylic acids is 1. The van der Waals surface area contributed by atoms with Crippen molar-refractivity contribution in [2.24, 2.45) is 4.99 Å². The molecule has 2 saturated heterocycles. The van der Waals surface area contributed by atoms with Crippen molar-refractivity contribution in [3.8, 4) is 5.75 Å². The van der Waals surface area contributed by atoms with Crippen LogP contribution in [0.1, 0.15) is 47.4 Å². The Bertz CT molecular complexity index is 2100. The number of carbonyl (C=O) groups excluding carboxylic acids is 3. The Hall–Kier alpha value is -5.60. The molecular formula is C40H35F4N4NiO7-. The van der Waals surface area contributed by atoms with Gasteiger partial charge in [-0.15, -0.1) is 5.69 Å². The van der Waals surface area contributed by atoms with Crippen LogP contribution in [0, 0.1) is 23.3 Å². The zero-order chi connectivity index (χ0) is 39.2. The number of carboxylic acid groups (broad SMARTS) is 1. The maximum atomic E-state index is 15.8. The van der Waals surface area contributed by atoms with Crippen molar-refractivity contribution in [2.45, 2.75) is 43.8 Å². The summed E-state index contributed by atoms with van der Waals surface area (Å²) in [5.74, 6) is -15.0. The number of ether oxygens (including phenoxy) is 2. The van der Waals surface area contributed by atoms with Crippen molar-refractivity contribution < 1.29 is 67.8 Å². The van der Waals surface area contributed by atoms with Crippen molar-refractivity contribution in [2.75, 3.05) is 26.8 Å². The van der Waals surface area contributed by atoms with Crippen LogP contribution in [0.2, 0.25) is 0 Å². The predicted octanol–water partition coefficient (Wildman–Crippen LogP) is 6.89. The van der Waals surface area contributed by atoms with Gasteiger partial charge in [0, 0.05) is 46.5 Å². The van der Waals surface area contributed by atoms with Gasteiger partial charge < -0.3 is 24.7 Å². The molecule has 3 amide bonds. The minimum Gasteiger partial charge on any atom is -0.625 e. The maximum absolute atomic E-state index is 15.8. The van der Waals surface area contributed by atoms with Gasteiger partial charge in [-0.1, -0.05) is 84.9 Å². The molecule has 0 spiro atoms. The molecule has 3 atom stereocenters. The molecule has 2 fully saturated rings. The summed E-state index contributed by atoms with van der Waals surface area (Å²) >= 11 is 0. The smallest absolute Gasteiger partial charge is 0.416 e. The third kappa shape index (κ3) is 8.76. The number of carbonyl (C=O) groups is 4. The molecule has 16 heteroatoms. The average Bonchev–Trinajstić information content (AvgIpc) is 3.84. The number of hydrogen-bond acceptors (Lipinski definition) is 8. The van der Waals surface area contributed by atoms with Crippen LogP contribution in [0.25, 0.3) is 5.32 Å². The van der Waals surface area contributed by atoms with Gasteiger partial charge >= 0.3 is 12.1 Å². The Balaban J connectivity index is 0.00000600. The quantitative estimate of drug-likeness (QED) is 0.0667. The van der Waals surface area contributed by atoms with E-state index in [4.69, 9.17) is 4.74 Å². The fourth-order valence-electron chi connectivity index (χ4n) is 6.85. The summed E-state index contributed by atoms with van der Waals surface area (Å²) in [6, 6.07) is 21.0. The summed E-state index contributed by atoms with van der Waals surface area (Å²) in [6.07, 6.45) is -0.932. The van der Waals surface area contributed by atoms with Crippen LogP contribution in [0.15, 0.2) is 89.9 Å². The molecule has 6 rings (SSSR count). The van der Waals surface area contributed by atoms with Gasteiger partial charge in [0.25, 0.3) is 0 Å². The number of hydrogen-bond donors (Lipinski definition) is 1. The van der Waals surface area contributed by atoms with Gasteiger partial charge in [0.1, 0.15) is 6.61 Å². The van der Waals surface area contributed by atoms with Gasteiger partial charge in [0.2, 0.25) is 17.5 Å². The molecule has 4 aromatic carbocycles. The number of aliphatic imine (C=N–C) groups is 1. The Morgan fingerprint density at radius 1 is 0.911 bits per heavy atom. The fraction of sp³-hybridized carbons (Fsp3) is 0.275. The first kappa shape index (κ1) is 41.6. The molecule has 56 heavy (non-hydrogen) atoms. The molecule has 0 saturated carbocycles. The standard InChI is InChI=1S/C40H36F4N4O7.Ni/c1-54-37-33(43)31(41)30(32(42)34(37)44)26(21-29(49)48-19-20-55-40(48)53)36(39(51)52)46-35(24-13-6-3-7-14-24)25-15-8-9-16-27(25)45-38(50)28-17-10-18-47(28)22-23-11-4-2-5-12-23;/h2-9,11-16,26,28,36H,10,17-22H2,1H3,(H2,45,46,50,51,52);/p-1/t26-,28+,36+;/m1./s1. The molecule has 0 bridgehead atoms. The molecule has 0 radical (unpaired) electrons. The van der Waals surface area contributed by atoms with Gasteiger partial charge in [-0.05, 0) is 30.5 Å². The van der Waals surface area contributed by atoms with E-state index in [9.17, 15) is 24.3 Å². The summed E-state index contributed by atoms with van der Waals surface area (Å²) in [5, 5.41) is 15.1. The zero-order valence-electron chi connectivity index (χ0n) is 29.8. The number of rotatable bonds is 13. The number of benzene rings is 4. The van der Waals surface area contributed by atoms with Crippen LogP contribution in [-0.4, -0.2) is 83.4 Å². The van der Waals surface area contributed by atoms with Crippen molar-refractivity contribution in [3.05, 3.63) is 136 Å². The number of amides is 3. The average molecular weight is 818 g/mol. The fourth-order valence-corrected chi connectivity index (χ4v) is 6.85. The van der Waals surface area contributed by atoms with E-state index < -0.39 is 82.9 Å². The number of nitrogens with zero attached hydrogens (tertiary/aromatic N) is 4.